The van der Waals surface area contributed by atoms with E-state index >= 15 is 0 Å². The molecule has 0 nitrogen and oxygen atoms in total. The zero-order valence-corrected chi connectivity index (χ0v) is 16.3. The van der Waals surface area contributed by atoms with Crippen LogP contribution >= 0.6 is 0 Å². The van der Waals surface area contributed by atoms with Gasteiger partial charge in [0.1, 0.15) is 0 Å². The van der Waals surface area contributed by atoms with Crippen LogP contribution in [0.15, 0.2) is 0 Å². The third-order valence-corrected chi connectivity index (χ3v) is 5.62. The minimum Gasteiger partial charge on any atom is -0.196 e. The van der Waals surface area contributed by atoms with Crippen molar-refractivity contribution in [1.29, 1.82) is 0 Å². The van der Waals surface area contributed by atoms with Gasteiger partial charge < -0.3 is 0 Å². The molecule has 0 aliphatic heterocycles. The van der Waals surface area contributed by atoms with Crippen LogP contribution in [0, 0.1) is 69.2 Å². The summed E-state index contributed by atoms with van der Waals surface area (Å²) < 4.78 is 0. The van der Waals surface area contributed by atoms with Crippen LogP contribution in [0.5, 0.6) is 0 Å². The fourth-order valence-corrected chi connectivity index (χ4v) is 2.81. The topological polar surface area (TPSA) is 0 Å². The number of rotatable bonds is 0. The molecular weight excluding hydrogens is 299 g/mol. The molecule has 0 saturated carbocycles. The summed E-state index contributed by atoms with van der Waals surface area (Å²) in [5, 5.41) is 0. The van der Waals surface area contributed by atoms with E-state index in [9.17, 15) is 0 Å². The maximum atomic E-state index is 2.20. The Bertz CT molecular complexity index is 404. The summed E-state index contributed by atoms with van der Waals surface area (Å²) >= 11 is 0. The van der Waals surface area contributed by atoms with Gasteiger partial charge in [0.05, 0.1) is 0 Å². The molecule has 0 aromatic heterocycles. The second-order valence-corrected chi connectivity index (χ2v) is 6.25. The average Bonchev–Trinajstić information content (AvgIpc) is 2.71. The molecule has 1 heteroatoms. The van der Waals surface area contributed by atoms with E-state index in [4.69, 9.17) is 0 Å². The molecule has 0 bridgehead atoms. The third kappa shape index (κ3) is 3.69. The summed E-state index contributed by atoms with van der Waals surface area (Å²) in [6.07, 6.45) is 0. The molecule has 2 aromatic carbocycles. The Hall–Kier alpha value is -0.806. The first-order valence-electron chi connectivity index (χ1n) is 7.50. The van der Waals surface area contributed by atoms with Crippen molar-refractivity contribution in [2.45, 2.75) is 69.2 Å². The molecule has 0 spiro atoms. The summed E-state index contributed by atoms with van der Waals surface area (Å²) in [5.41, 5.74) is 14.7. The predicted molar refractivity (Wildman–Crippen MR) is 91.4 cm³/mol. The van der Waals surface area contributed by atoms with Gasteiger partial charge in [-0.15, -0.1) is 0 Å². The van der Waals surface area contributed by atoms with E-state index < -0.39 is 0 Å². The zero-order valence-electron chi connectivity index (χ0n) is 15.3. The molecule has 0 fully saturated rings. The maximum Gasteiger partial charge on any atom is 0 e. The van der Waals surface area contributed by atoms with E-state index in [1.807, 2.05) is 0 Å². The van der Waals surface area contributed by atoms with Gasteiger partial charge in [-0.1, -0.05) is 69.2 Å². The normalized spacial score (nSPS) is 10.0. The molecule has 0 aliphatic carbocycles. The SMILES string of the molecule is Cc1c(C)c(C)[c-](C)c1C.Cc1c(C)c(C)[c-](C)c1C.[Ni]. The molecule has 2 aromatic rings. The first-order valence-corrected chi connectivity index (χ1v) is 7.50. The first-order chi connectivity index (χ1) is 9.11. The van der Waals surface area contributed by atoms with Crippen molar-refractivity contribution >= 4 is 0 Å². The standard InChI is InChI=1S/2C10H15.Ni/c2*1-6-7(2)9(4)10(5)8(6)3;/h2*1-5H3;/q2*-1;. The number of hydrogen-bond acceptors (Lipinski definition) is 0. The molecule has 0 unspecified atom stereocenters. The van der Waals surface area contributed by atoms with Crippen LogP contribution in [0.2, 0.25) is 0 Å². The van der Waals surface area contributed by atoms with Crippen molar-refractivity contribution in [3.8, 4) is 0 Å². The van der Waals surface area contributed by atoms with Gasteiger partial charge in [0.15, 0.2) is 0 Å². The smallest absolute Gasteiger partial charge is 0 e. The Kier molecular flexibility index (Phi) is 7.17. The maximum absolute atomic E-state index is 2.20. The quantitative estimate of drug-likeness (QED) is 0.417. The summed E-state index contributed by atoms with van der Waals surface area (Å²) in [5.74, 6) is 0. The first kappa shape index (κ1) is 20.2. The monoisotopic (exact) mass is 328 g/mol. The summed E-state index contributed by atoms with van der Waals surface area (Å²) in [6, 6.07) is 0. The summed E-state index contributed by atoms with van der Waals surface area (Å²) in [4.78, 5) is 0. The van der Waals surface area contributed by atoms with Gasteiger partial charge in [-0.2, -0.15) is 55.6 Å². The minimum absolute atomic E-state index is 0. The van der Waals surface area contributed by atoms with Gasteiger partial charge in [-0.05, 0) is 0 Å². The number of hydrogen-bond donors (Lipinski definition) is 0. The van der Waals surface area contributed by atoms with Crippen LogP contribution in [-0.4, -0.2) is 0 Å². The summed E-state index contributed by atoms with van der Waals surface area (Å²) in [6.45, 7) is 22.0. The molecule has 0 aliphatic rings. The zero-order chi connectivity index (χ0) is 15.8. The van der Waals surface area contributed by atoms with Crippen molar-refractivity contribution in [3.63, 3.8) is 0 Å². The molecular formula is C20H30Ni-2. The van der Waals surface area contributed by atoms with E-state index in [-0.39, 0.29) is 16.5 Å². The van der Waals surface area contributed by atoms with E-state index in [0.717, 1.165) is 0 Å². The van der Waals surface area contributed by atoms with Crippen LogP contribution in [0.25, 0.3) is 0 Å². The van der Waals surface area contributed by atoms with Crippen LogP contribution in [0.4, 0.5) is 0 Å². The Morgan fingerprint density at radius 3 is 0.619 bits per heavy atom. The van der Waals surface area contributed by atoms with E-state index in [0.29, 0.717) is 0 Å². The molecule has 0 amide bonds. The van der Waals surface area contributed by atoms with E-state index in [1.165, 1.54) is 55.6 Å². The van der Waals surface area contributed by atoms with E-state index in [2.05, 4.69) is 69.2 Å². The van der Waals surface area contributed by atoms with Crippen LogP contribution < -0.4 is 0 Å². The second kappa shape index (κ2) is 7.45. The molecule has 21 heavy (non-hydrogen) atoms. The molecule has 0 N–H and O–H groups in total. The van der Waals surface area contributed by atoms with Crippen LogP contribution in [-0.2, 0) is 16.5 Å². The Morgan fingerprint density at radius 2 is 0.571 bits per heavy atom. The Balaban J connectivity index is 0.000000364. The van der Waals surface area contributed by atoms with Crippen LogP contribution in [0.3, 0.4) is 0 Å². The minimum atomic E-state index is 0. The van der Waals surface area contributed by atoms with Gasteiger partial charge in [-0.3, -0.25) is 0 Å². The van der Waals surface area contributed by atoms with E-state index in [1.54, 1.807) is 0 Å². The fraction of sp³-hybridized carbons (Fsp3) is 0.500. The molecule has 0 radical (unpaired) electrons. The van der Waals surface area contributed by atoms with Crippen molar-refractivity contribution in [1.82, 2.24) is 0 Å². The third-order valence-electron chi connectivity index (χ3n) is 5.62. The van der Waals surface area contributed by atoms with Crippen molar-refractivity contribution in [2.75, 3.05) is 0 Å². The Morgan fingerprint density at radius 1 is 0.429 bits per heavy atom. The largest absolute Gasteiger partial charge is 0.196 e. The molecule has 122 valence electrons. The van der Waals surface area contributed by atoms with Gasteiger partial charge >= 0.3 is 0 Å². The van der Waals surface area contributed by atoms with Crippen molar-refractivity contribution in [3.05, 3.63) is 55.6 Å². The van der Waals surface area contributed by atoms with Crippen molar-refractivity contribution in [2.24, 2.45) is 0 Å². The van der Waals surface area contributed by atoms with Gasteiger partial charge in [0.25, 0.3) is 0 Å². The van der Waals surface area contributed by atoms with Crippen LogP contribution in [0.1, 0.15) is 55.6 Å². The van der Waals surface area contributed by atoms with Gasteiger partial charge in [-0.25, -0.2) is 0 Å². The Labute approximate surface area is 141 Å². The molecule has 2 rings (SSSR count). The van der Waals surface area contributed by atoms with Gasteiger partial charge in [0, 0.05) is 16.5 Å². The van der Waals surface area contributed by atoms with Crippen molar-refractivity contribution < 1.29 is 16.5 Å². The predicted octanol–water partition coefficient (Wildman–Crippen LogP) is 5.89. The van der Waals surface area contributed by atoms with Gasteiger partial charge in [0.2, 0.25) is 0 Å². The fourth-order valence-electron chi connectivity index (χ4n) is 2.81. The average molecular weight is 329 g/mol. The molecule has 0 saturated heterocycles. The molecule has 0 heterocycles. The second-order valence-electron chi connectivity index (χ2n) is 6.25. The summed E-state index contributed by atoms with van der Waals surface area (Å²) in [7, 11) is 0. The molecule has 0 atom stereocenters.